The van der Waals surface area contributed by atoms with Crippen molar-refractivity contribution >= 4 is 41.1 Å². The fourth-order valence-electron chi connectivity index (χ4n) is 1.12. The zero-order valence-corrected chi connectivity index (χ0v) is 11.2. The average molecular weight is 287 g/mol. The summed E-state index contributed by atoms with van der Waals surface area (Å²) in [6.45, 7) is -0.0615. The topological polar surface area (TPSA) is 58.2 Å². The minimum absolute atomic E-state index is 0.0615. The Balaban J connectivity index is 2.58. The van der Waals surface area contributed by atoms with Crippen LogP contribution in [-0.2, 0) is 9.59 Å². The van der Waals surface area contributed by atoms with Crippen LogP contribution in [0.15, 0.2) is 24.3 Å². The normalized spacial score (nSPS) is 10.4. The van der Waals surface area contributed by atoms with Crippen LogP contribution in [0.1, 0.15) is 5.56 Å². The fourth-order valence-corrected chi connectivity index (χ4v) is 1.59. The molecule has 2 N–H and O–H groups in total. The molecule has 6 heteroatoms. The third-order valence-corrected chi connectivity index (χ3v) is 2.64. The van der Waals surface area contributed by atoms with E-state index in [1.165, 1.54) is 13.1 Å². The number of amides is 2. The number of benzene rings is 1. The molecule has 0 heterocycles. The largest absolute Gasteiger partial charge is 0.358 e. The Morgan fingerprint density at radius 1 is 1.33 bits per heavy atom. The molecule has 4 nitrogen and oxygen atoms in total. The number of likely N-dealkylation sites (N-methyl/N-ethyl adjacent to an activating group) is 1. The van der Waals surface area contributed by atoms with Gasteiger partial charge in [-0.15, -0.1) is 0 Å². The van der Waals surface area contributed by atoms with Gasteiger partial charge in [-0.05, 0) is 23.8 Å². The van der Waals surface area contributed by atoms with Crippen LogP contribution in [-0.4, -0.2) is 25.4 Å². The Morgan fingerprint density at radius 2 is 2.06 bits per heavy atom. The van der Waals surface area contributed by atoms with Crippen molar-refractivity contribution in [3.05, 3.63) is 39.9 Å². The van der Waals surface area contributed by atoms with E-state index in [0.29, 0.717) is 15.6 Å². The maximum Gasteiger partial charge on any atom is 0.244 e. The molecule has 0 bridgehead atoms. The SMILES string of the molecule is CNC(=O)CNC(=O)/C=C/c1ccc(Cl)cc1Cl. The molecule has 0 spiro atoms. The highest BCUT2D eigenvalue weighted by Crippen LogP contribution is 2.21. The molecule has 1 aromatic carbocycles. The summed E-state index contributed by atoms with van der Waals surface area (Å²) < 4.78 is 0. The molecule has 18 heavy (non-hydrogen) atoms. The van der Waals surface area contributed by atoms with Crippen molar-refractivity contribution in [1.82, 2.24) is 10.6 Å². The molecule has 0 aromatic heterocycles. The van der Waals surface area contributed by atoms with Crippen LogP contribution in [0.25, 0.3) is 6.08 Å². The summed E-state index contributed by atoms with van der Waals surface area (Å²) in [7, 11) is 1.50. The minimum Gasteiger partial charge on any atom is -0.358 e. The van der Waals surface area contributed by atoms with Crippen LogP contribution >= 0.6 is 23.2 Å². The molecule has 0 radical (unpaired) electrons. The van der Waals surface area contributed by atoms with Gasteiger partial charge in [0, 0.05) is 23.2 Å². The Kier molecular flexibility index (Phi) is 5.68. The van der Waals surface area contributed by atoms with E-state index in [2.05, 4.69) is 10.6 Å². The summed E-state index contributed by atoms with van der Waals surface area (Å²) in [5.74, 6) is -0.633. The highest BCUT2D eigenvalue weighted by molar-refractivity contribution is 6.35. The molecule has 2 amide bonds. The number of nitrogens with one attached hydrogen (secondary N) is 2. The molecule has 96 valence electrons. The van der Waals surface area contributed by atoms with E-state index in [-0.39, 0.29) is 18.4 Å². The van der Waals surface area contributed by atoms with E-state index in [0.717, 1.165) is 0 Å². The molecule has 0 unspecified atom stereocenters. The number of carbonyl (C=O) groups is 2. The Morgan fingerprint density at radius 3 is 2.67 bits per heavy atom. The summed E-state index contributed by atoms with van der Waals surface area (Å²) >= 11 is 11.7. The molecule has 0 saturated heterocycles. The quantitative estimate of drug-likeness (QED) is 0.831. The van der Waals surface area contributed by atoms with Crippen molar-refractivity contribution < 1.29 is 9.59 Å². The van der Waals surface area contributed by atoms with Crippen LogP contribution in [0, 0.1) is 0 Å². The third kappa shape index (κ3) is 4.77. The van der Waals surface area contributed by atoms with Crippen LogP contribution in [0.4, 0.5) is 0 Å². The summed E-state index contributed by atoms with van der Waals surface area (Å²) in [5, 5.41) is 5.81. The van der Waals surface area contributed by atoms with Crippen molar-refractivity contribution in [2.45, 2.75) is 0 Å². The van der Waals surface area contributed by atoms with E-state index in [9.17, 15) is 9.59 Å². The number of hydrogen-bond acceptors (Lipinski definition) is 2. The van der Waals surface area contributed by atoms with Crippen LogP contribution in [0.3, 0.4) is 0 Å². The lowest BCUT2D eigenvalue weighted by Crippen LogP contribution is -2.34. The smallest absolute Gasteiger partial charge is 0.244 e. The maximum absolute atomic E-state index is 11.4. The second-order valence-electron chi connectivity index (χ2n) is 3.39. The average Bonchev–Trinajstić information content (AvgIpc) is 2.34. The van der Waals surface area contributed by atoms with Gasteiger partial charge in [-0.25, -0.2) is 0 Å². The first-order chi connectivity index (χ1) is 8.52. The van der Waals surface area contributed by atoms with Gasteiger partial charge in [0.15, 0.2) is 0 Å². The van der Waals surface area contributed by atoms with Crippen molar-refractivity contribution in [3.63, 3.8) is 0 Å². The molecular formula is C12H12Cl2N2O2. The van der Waals surface area contributed by atoms with Gasteiger partial charge in [-0.1, -0.05) is 29.3 Å². The van der Waals surface area contributed by atoms with Gasteiger partial charge in [-0.2, -0.15) is 0 Å². The van der Waals surface area contributed by atoms with Crippen LogP contribution in [0.5, 0.6) is 0 Å². The van der Waals surface area contributed by atoms with Gasteiger partial charge in [-0.3, -0.25) is 9.59 Å². The lowest BCUT2D eigenvalue weighted by Gasteiger charge is -2.01. The van der Waals surface area contributed by atoms with E-state index in [1.807, 2.05) is 0 Å². The fraction of sp³-hybridized carbons (Fsp3) is 0.167. The minimum atomic E-state index is -0.371. The molecule has 0 aliphatic rings. The summed E-state index contributed by atoms with van der Waals surface area (Å²) in [6.07, 6.45) is 2.86. The van der Waals surface area contributed by atoms with Crippen LogP contribution < -0.4 is 10.6 Å². The second-order valence-corrected chi connectivity index (χ2v) is 4.23. The first-order valence-electron chi connectivity index (χ1n) is 5.14. The highest BCUT2D eigenvalue weighted by Gasteiger charge is 2.01. The molecule has 0 aliphatic carbocycles. The summed E-state index contributed by atoms with van der Waals surface area (Å²) in [5.41, 5.74) is 0.677. The van der Waals surface area contributed by atoms with E-state index >= 15 is 0 Å². The number of rotatable bonds is 4. The van der Waals surface area contributed by atoms with Gasteiger partial charge >= 0.3 is 0 Å². The predicted molar refractivity (Wildman–Crippen MR) is 72.6 cm³/mol. The highest BCUT2D eigenvalue weighted by atomic mass is 35.5. The number of carbonyl (C=O) groups excluding carboxylic acids is 2. The molecule has 1 rings (SSSR count). The summed E-state index contributed by atoms with van der Waals surface area (Å²) in [6, 6.07) is 4.97. The van der Waals surface area contributed by atoms with Gasteiger partial charge in [0.2, 0.25) is 11.8 Å². The second kappa shape index (κ2) is 7.03. The molecule has 0 fully saturated rings. The summed E-state index contributed by atoms with van der Waals surface area (Å²) in [4.78, 5) is 22.3. The molecule has 1 aromatic rings. The third-order valence-electron chi connectivity index (χ3n) is 2.08. The first kappa shape index (κ1) is 14.5. The molecule has 0 saturated carbocycles. The molecular weight excluding hydrogens is 275 g/mol. The number of halogens is 2. The zero-order valence-electron chi connectivity index (χ0n) is 9.67. The standard InChI is InChI=1S/C12H12Cl2N2O2/c1-15-12(18)7-16-11(17)5-3-8-2-4-9(13)6-10(8)14/h2-6H,7H2,1H3,(H,15,18)(H,16,17)/b5-3+. The van der Waals surface area contributed by atoms with Gasteiger partial charge in [0.05, 0.1) is 6.54 Å². The lowest BCUT2D eigenvalue weighted by atomic mass is 10.2. The van der Waals surface area contributed by atoms with E-state index in [4.69, 9.17) is 23.2 Å². The Hall–Kier alpha value is -1.52. The van der Waals surface area contributed by atoms with Crippen molar-refractivity contribution in [3.8, 4) is 0 Å². The Bertz CT molecular complexity index is 487. The van der Waals surface area contributed by atoms with Crippen molar-refractivity contribution in [1.29, 1.82) is 0 Å². The zero-order chi connectivity index (χ0) is 13.5. The molecule has 0 aliphatic heterocycles. The Labute approximate surface area is 115 Å². The van der Waals surface area contributed by atoms with Gasteiger partial charge < -0.3 is 10.6 Å². The van der Waals surface area contributed by atoms with Crippen molar-refractivity contribution in [2.24, 2.45) is 0 Å². The van der Waals surface area contributed by atoms with Gasteiger partial charge in [0.1, 0.15) is 0 Å². The van der Waals surface area contributed by atoms with E-state index < -0.39 is 0 Å². The van der Waals surface area contributed by atoms with Crippen LogP contribution in [0.2, 0.25) is 10.0 Å². The van der Waals surface area contributed by atoms with E-state index in [1.54, 1.807) is 24.3 Å². The maximum atomic E-state index is 11.4. The predicted octanol–water partition coefficient (Wildman–Crippen LogP) is 1.87. The first-order valence-corrected chi connectivity index (χ1v) is 5.90. The molecule has 0 atom stereocenters. The van der Waals surface area contributed by atoms with Crippen molar-refractivity contribution in [2.75, 3.05) is 13.6 Å². The number of hydrogen-bond donors (Lipinski definition) is 2. The van der Waals surface area contributed by atoms with Gasteiger partial charge in [0.25, 0.3) is 0 Å². The lowest BCUT2D eigenvalue weighted by molar-refractivity contribution is -0.123. The monoisotopic (exact) mass is 286 g/mol.